The maximum Gasteiger partial charge on any atom is 0.333 e. The monoisotopic (exact) mass is 197 g/mol. The Hall–Kier alpha value is -0.990. The van der Waals surface area contributed by atoms with Gasteiger partial charge in [0.25, 0.3) is 0 Å². The van der Waals surface area contributed by atoms with Gasteiger partial charge >= 0.3 is 5.97 Å². The van der Waals surface area contributed by atoms with Crippen LogP contribution in [0.5, 0.6) is 0 Å². The van der Waals surface area contributed by atoms with Crippen molar-refractivity contribution in [1.82, 2.24) is 4.90 Å². The molecule has 1 fully saturated rings. The largest absolute Gasteiger partial charge is 0.478 e. The molecule has 14 heavy (non-hydrogen) atoms. The molecule has 0 unspecified atom stereocenters. The number of carboxylic acids is 1. The second-order valence-corrected chi connectivity index (χ2v) is 4.19. The van der Waals surface area contributed by atoms with Crippen LogP contribution < -0.4 is 0 Å². The van der Waals surface area contributed by atoms with Crippen LogP contribution in [0.4, 0.5) is 0 Å². The molecule has 1 rings (SSSR count). The second kappa shape index (κ2) is 5.03. The van der Waals surface area contributed by atoms with Crippen LogP contribution >= 0.6 is 0 Å². The Balaban J connectivity index is 2.71. The Morgan fingerprint density at radius 2 is 1.86 bits per heavy atom. The summed E-state index contributed by atoms with van der Waals surface area (Å²) < 4.78 is 0. The fourth-order valence-corrected chi connectivity index (χ4v) is 2.03. The summed E-state index contributed by atoms with van der Waals surface area (Å²) in [5, 5.41) is 9.08. The van der Waals surface area contributed by atoms with Crippen molar-refractivity contribution in [2.45, 2.75) is 32.1 Å². The van der Waals surface area contributed by atoms with Crippen molar-refractivity contribution in [2.75, 3.05) is 14.1 Å². The summed E-state index contributed by atoms with van der Waals surface area (Å²) in [4.78, 5) is 12.9. The minimum Gasteiger partial charge on any atom is -0.478 e. The number of nitrogens with zero attached hydrogens (tertiary/aromatic N) is 1. The first-order valence-corrected chi connectivity index (χ1v) is 5.22. The molecule has 0 radical (unpaired) electrons. The summed E-state index contributed by atoms with van der Waals surface area (Å²) in [6.45, 7) is 0. The van der Waals surface area contributed by atoms with Gasteiger partial charge in [-0.3, -0.25) is 0 Å². The van der Waals surface area contributed by atoms with Crippen LogP contribution in [-0.2, 0) is 4.79 Å². The molecule has 3 heteroatoms. The second-order valence-electron chi connectivity index (χ2n) is 4.19. The molecule has 0 bridgehead atoms. The van der Waals surface area contributed by atoms with Crippen molar-refractivity contribution >= 4 is 5.97 Å². The number of carbonyl (C=O) groups is 1. The van der Waals surface area contributed by atoms with Crippen LogP contribution in [0.1, 0.15) is 32.1 Å². The molecule has 0 heterocycles. The summed E-state index contributed by atoms with van der Waals surface area (Å²) in [5.74, 6) is -0.491. The van der Waals surface area contributed by atoms with Crippen molar-refractivity contribution in [3.05, 3.63) is 11.8 Å². The van der Waals surface area contributed by atoms with E-state index in [1.807, 2.05) is 19.0 Å². The molecule has 0 amide bonds. The molecule has 1 aliphatic rings. The predicted octanol–water partition coefficient (Wildman–Crippen LogP) is 2.10. The van der Waals surface area contributed by atoms with Gasteiger partial charge in [0.1, 0.15) is 0 Å². The number of carboxylic acid groups (broad SMARTS) is 1. The lowest BCUT2D eigenvalue weighted by Crippen LogP contribution is -2.18. The van der Waals surface area contributed by atoms with E-state index in [0.29, 0.717) is 5.57 Å². The zero-order chi connectivity index (χ0) is 10.6. The number of aliphatic carboxylic acids is 1. The average molecular weight is 197 g/mol. The molecule has 1 aliphatic carbocycles. The zero-order valence-corrected chi connectivity index (χ0v) is 8.99. The van der Waals surface area contributed by atoms with Crippen molar-refractivity contribution < 1.29 is 9.90 Å². The number of rotatable bonds is 3. The van der Waals surface area contributed by atoms with Crippen LogP contribution in [-0.4, -0.2) is 30.1 Å². The third kappa shape index (κ3) is 3.05. The molecule has 80 valence electrons. The van der Waals surface area contributed by atoms with Crippen molar-refractivity contribution in [3.63, 3.8) is 0 Å². The molecule has 0 aromatic carbocycles. The smallest absolute Gasteiger partial charge is 0.333 e. The predicted molar refractivity (Wildman–Crippen MR) is 56.0 cm³/mol. The Morgan fingerprint density at radius 3 is 2.29 bits per heavy atom. The minimum atomic E-state index is -0.759. The molecular weight excluding hydrogens is 178 g/mol. The Kier molecular flexibility index (Phi) is 3.98. The fraction of sp³-hybridized carbons (Fsp3) is 0.727. The van der Waals surface area contributed by atoms with Gasteiger partial charge in [0.05, 0.1) is 5.57 Å². The normalized spacial score (nSPS) is 19.4. The Labute approximate surface area is 85.4 Å². The van der Waals surface area contributed by atoms with Gasteiger partial charge in [0, 0.05) is 20.3 Å². The summed E-state index contributed by atoms with van der Waals surface area (Å²) in [6, 6.07) is 0. The van der Waals surface area contributed by atoms with Gasteiger partial charge in [-0.15, -0.1) is 0 Å². The highest BCUT2D eigenvalue weighted by Gasteiger charge is 2.22. The lowest BCUT2D eigenvalue weighted by molar-refractivity contribution is -0.133. The van der Waals surface area contributed by atoms with Crippen LogP contribution in [0.15, 0.2) is 11.8 Å². The SMILES string of the molecule is CN(C)C=C(C(=O)O)C1CCCCC1. The van der Waals surface area contributed by atoms with E-state index in [-0.39, 0.29) is 5.92 Å². The summed E-state index contributed by atoms with van der Waals surface area (Å²) in [7, 11) is 3.73. The van der Waals surface area contributed by atoms with Gasteiger partial charge in [-0.1, -0.05) is 19.3 Å². The maximum atomic E-state index is 11.0. The van der Waals surface area contributed by atoms with E-state index in [1.165, 1.54) is 19.3 Å². The fourth-order valence-electron chi connectivity index (χ4n) is 2.03. The lowest BCUT2D eigenvalue weighted by Gasteiger charge is -2.23. The molecule has 0 aliphatic heterocycles. The van der Waals surface area contributed by atoms with Crippen LogP contribution in [0.25, 0.3) is 0 Å². The molecule has 0 spiro atoms. The minimum absolute atomic E-state index is 0.267. The van der Waals surface area contributed by atoms with E-state index in [0.717, 1.165) is 12.8 Å². The lowest BCUT2D eigenvalue weighted by atomic mass is 9.84. The van der Waals surface area contributed by atoms with Crippen LogP contribution in [0.2, 0.25) is 0 Å². The van der Waals surface area contributed by atoms with Gasteiger partial charge in [0.15, 0.2) is 0 Å². The molecule has 1 N–H and O–H groups in total. The Morgan fingerprint density at radius 1 is 1.29 bits per heavy atom. The molecule has 3 nitrogen and oxygen atoms in total. The number of hydrogen-bond acceptors (Lipinski definition) is 2. The topological polar surface area (TPSA) is 40.5 Å². The molecule has 1 saturated carbocycles. The van der Waals surface area contributed by atoms with Crippen molar-refractivity contribution in [3.8, 4) is 0 Å². The Bertz CT molecular complexity index is 227. The first-order valence-electron chi connectivity index (χ1n) is 5.22. The average Bonchev–Trinajstić information content (AvgIpc) is 2.15. The van der Waals surface area contributed by atoms with Gasteiger partial charge < -0.3 is 10.0 Å². The molecule has 0 aromatic rings. The molecule has 0 aromatic heterocycles. The third-order valence-corrected chi connectivity index (χ3v) is 2.69. The van der Waals surface area contributed by atoms with Crippen molar-refractivity contribution in [1.29, 1.82) is 0 Å². The standard InChI is InChI=1S/C11H19NO2/c1-12(2)8-10(11(13)14)9-6-4-3-5-7-9/h8-9H,3-7H2,1-2H3,(H,13,14). The highest BCUT2D eigenvalue weighted by Crippen LogP contribution is 2.29. The van der Waals surface area contributed by atoms with Gasteiger partial charge in [-0.25, -0.2) is 4.79 Å². The van der Waals surface area contributed by atoms with E-state index >= 15 is 0 Å². The van der Waals surface area contributed by atoms with E-state index in [9.17, 15) is 4.79 Å². The quantitative estimate of drug-likeness (QED) is 0.704. The van der Waals surface area contributed by atoms with Gasteiger partial charge in [0.2, 0.25) is 0 Å². The first-order chi connectivity index (χ1) is 6.61. The molecule has 0 saturated heterocycles. The summed E-state index contributed by atoms with van der Waals surface area (Å²) in [6.07, 6.45) is 7.41. The molecular formula is C11H19NO2. The zero-order valence-electron chi connectivity index (χ0n) is 8.99. The first kappa shape index (κ1) is 11.1. The van der Waals surface area contributed by atoms with E-state index in [4.69, 9.17) is 5.11 Å². The summed E-state index contributed by atoms with van der Waals surface area (Å²) in [5.41, 5.74) is 0.578. The van der Waals surface area contributed by atoms with Gasteiger partial charge in [-0.05, 0) is 18.8 Å². The summed E-state index contributed by atoms with van der Waals surface area (Å²) >= 11 is 0. The van der Waals surface area contributed by atoms with Crippen molar-refractivity contribution in [2.24, 2.45) is 5.92 Å². The third-order valence-electron chi connectivity index (χ3n) is 2.69. The van der Waals surface area contributed by atoms with Crippen LogP contribution in [0.3, 0.4) is 0 Å². The van der Waals surface area contributed by atoms with E-state index in [1.54, 1.807) is 6.20 Å². The highest BCUT2D eigenvalue weighted by molar-refractivity contribution is 5.87. The number of hydrogen-bond donors (Lipinski definition) is 1. The maximum absolute atomic E-state index is 11.0. The highest BCUT2D eigenvalue weighted by atomic mass is 16.4. The van der Waals surface area contributed by atoms with Crippen LogP contribution in [0, 0.1) is 5.92 Å². The van der Waals surface area contributed by atoms with E-state index < -0.39 is 5.97 Å². The van der Waals surface area contributed by atoms with Gasteiger partial charge in [-0.2, -0.15) is 0 Å². The van der Waals surface area contributed by atoms with E-state index in [2.05, 4.69) is 0 Å². The molecule has 0 atom stereocenters.